The lowest BCUT2D eigenvalue weighted by molar-refractivity contribution is -0.120. The van der Waals surface area contributed by atoms with E-state index in [9.17, 15) is 4.79 Å². The van der Waals surface area contributed by atoms with E-state index in [1.165, 1.54) is 0 Å². The Balaban J connectivity index is 2.18. The van der Waals surface area contributed by atoms with Crippen LogP contribution in [0.2, 0.25) is 0 Å². The van der Waals surface area contributed by atoms with Gasteiger partial charge >= 0.3 is 0 Å². The highest BCUT2D eigenvalue weighted by atomic mass is 16.5. The highest BCUT2D eigenvalue weighted by molar-refractivity contribution is 5.75. The van der Waals surface area contributed by atoms with Gasteiger partial charge in [-0.25, -0.2) is 0 Å². The summed E-state index contributed by atoms with van der Waals surface area (Å²) in [6.07, 6.45) is 0.446. The standard InChI is InChI=1S/C13H22N6O2/c1-4-11(20)14-9-10-15-12(18(2)3)17-13(16-10)19-5-7-21-8-6-19/h4-9H2,1-3H3,(H,14,20). The highest BCUT2D eigenvalue weighted by Gasteiger charge is 2.17. The second-order valence-corrected chi connectivity index (χ2v) is 4.98. The van der Waals surface area contributed by atoms with Gasteiger partial charge in [-0.05, 0) is 0 Å². The minimum Gasteiger partial charge on any atom is -0.378 e. The van der Waals surface area contributed by atoms with E-state index >= 15 is 0 Å². The zero-order chi connectivity index (χ0) is 15.2. The van der Waals surface area contributed by atoms with Crippen LogP contribution in [0.25, 0.3) is 0 Å². The second-order valence-electron chi connectivity index (χ2n) is 4.98. The lowest BCUT2D eigenvalue weighted by Gasteiger charge is -2.27. The second kappa shape index (κ2) is 7.16. The number of amides is 1. The number of nitrogens with zero attached hydrogens (tertiary/aromatic N) is 5. The van der Waals surface area contributed by atoms with Crippen LogP contribution in [0, 0.1) is 0 Å². The van der Waals surface area contributed by atoms with E-state index < -0.39 is 0 Å². The molecule has 116 valence electrons. The maximum absolute atomic E-state index is 11.4. The molecule has 2 heterocycles. The Hall–Kier alpha value is -1.96. The van der Waals surface area contributed by atoms with Gasteiger partial charge < -0.3 is 19.9 Å². The smallest absolute Gasteiger partial charge is 0.230 e. The SMILES string of the molecule is CCC(=O)NCc1nc(N(C)C)nc(N2CCOCC2)n1. The number of carbonyl (C=O) groups excluding carboxylic acids is 1. The summed E-state index contributed by atoms with van der Waals surface area (Å²) in [4.78, 5) is 28.6. The molecule has 1 N–H and O–H groups in total. The van der Waals surface area contributed by atoms with Crippen LogP contribution in [0.5, 0.6) is 0 Å². The predicted molar refractivity (Wildman–Crippen MR) is 79.3 cm³/mol. The molecule has 0 bridgehead atoms. The van der Waals surface area contributed by atoms with Gasteiger partial charge in [-0.15, -0.1) is 0 Å². The summed E-state index contributed by atoms with van der Waals surface area (Å²) in [6, 6.07) is 0. The first-order chi connectivity index (χ1) is 10.1. The predicted octanol–water partition coefficient (Wildman–Crippen LogP) is -0.200. The fourth-order valence-corrected chi connectivity index (χ4v) is 1.88. The molecular formula is C13H22N6O2. The molecule has 0 saturated carbocycles. The molecule has 2 rings (SSSR count). The molecule has 8 nitrogen and oxygen atoms in total. The van der Waals surface area contributed by atoms with Crippen molar-refractivity contribution in [1.29, 1.82) is 0 Å². The molecule has 21 heavy (non-hydrogen) atoms. The number of hydrogen-bond donors (Lipinski definition) is 1. The minimum atomic E-state index is -0.0188. The number of nitrogens with one attached hydrogen (secondary N) is 1. The van der Waals surface area contributed by atoms with Crippen molar-refractivity contribution in [3.63, 3.8) is 0 Å². The van der Waals surface area contributed by atoms with Crippen LogP contribution in [0.4, 0.5) is 11.9 Å². The third kappa shape index (κ3) is 4.25. The average Bonchev–Trinajstić information content (AvgIpc) is 2.53. The fraction of sp³-hybridized carbons (Fsp3) is 0.692. The third-order valence-corrected chi connectivity index (χ3v) is 3.12. The first kappa shape index (κ1) is 15.4. The summed E-state index contributed by atoms with van der Waals surface area (Å²) in [7, 11) is 3.76. The Morgan fingerprint density at radius 3 is 2.62 bits per heavy atom. The molecule has 0 aliphatic carbocycles. The van der Waals surface area contributed by atoms with Gasteiger partial charge in [0.15, 0.2) is 5.82 Å². The quantitative estimate of drug-likeness (QED) is 0.805. The molecule has 1 saturated heterocycles. The van der Waals surface area contributed by atoms with Gasteiger partial charge in [-0.1, -0.05) is 6.92 Å². The zero-order valence-corrected chi connectivity index (χ0v) is 12.8. The van der Waals surface area contributed by atoms with Crippen molar-refractivity contribution in [1.82, 2.24) is 20.3 Å². The van der Waals surface area contributed by atoms with Crippen LogP contribution in [0.3, 0.4) is 0 Å². The summed E-state index contributed by atoms with van der Waals surface area (Å²) in [5.74, 6) is 1.77. The summed E-state index contributed by atoms with van der Waals surface area (Å²) in [6.45, 7) is 4.99. The van der Waals surface area contributed by atoms with Gasteiger partial charge in [0.1, 0.15) is 0 Å². The van der Waals surface area contributed by atoms with Gasteiger partial charge in [0.25, 0.3) is 0 Å². The number of hydrogen-bond acceptors (Lipinski definition) is 7. The topological polar surface area (TPSA) is 83.5 Å². The van der Waals surface area contributed by atoms with Crippen LogP contribution in [0.1, 0.15) is 19.2 Å². The Morgan fingerprint density at radius 1 is 1.29 bits per heavy atom. The number of rotatable bonds is 5. The molecule has 0 unspecified atom stereocenters. The van der Waals surface area contributed by atoms with E-state index in [2.05, 4.69) is 25.2 Å². The van der Waals surface area contributed by atoms with Crippen LogP contribution in [-0.4, -0.2) is 61.3 Å². The maximum Gasteiger partial charge on any atom is 0.230 e. The molecule has 1 fully saturated rings. The lowest BCUT2D eigenvalue weighted by Crippen LogP contribution is -2.38. The van der Waals surface area contributed by atoms with Crippen molar-refractivity contribution in [2.24, 2.45) is 0 Å². The van der Waals surface area contributed by atoms with Crippen molar-refractivity contribution in [2.75, 3.05) is 50.2 Å². The van der Waals surface area contributed by atoms with E-state index in [-0.39, 0.29) is 5.91 Å². The van der Waals surface area contributed by atoms with Crippen LogP contribution in [0.15, 0.2) is 0 Å². The van der Waals surface area contributed by atoms with Gasteiger partial charge in [0.05, 0.1) is 19.8 Å². The van der Waals surface area contributed by atoms with Crippen LogP contribution < -0.4 is 15.1 Å². The van der Waals surface area contributed by atoms with Crippen molar-refractivity contribution < 1.29 is 9.53 Å². The zero-order valence-electron chi connectivity index (χ0n) is 12.8. The molecule has 1 aromatic rings. The monoisotopic (exact) mass is 294 g/mol. The van der Waals surface area contributed by atoms with Crippen LogP contribution >= 0.6 is 0 Å². The van der Waals surface area contributed by atoms with E-state index in [4.69, 9.17) is 4.74 Å². The Morgan fingerprint density at radius 2 is 2.00 bits per heavy atom. The van der Waals surface area contributed by atoms with Gasteiger partial charge in [-0.2, -0.15) is 15.0 Å². The van der Waals surface area contributed by atoms with Gasteiger partial charge in [0, 0.05) is 33.6 Å². The van der Waals surface area contributed by atoms with E-state index in [0.29, 0.717) is 43.9 Å². The Labute approximate surface area is 124 Å². The van der Waals surface area contributed by atoms with Gasteiger partial charge in [-0.3, -0.25) is 4.79 Å². The van der Waals surface area contributed by atoms with Gasteiger partial charge in [0.2, 0.25) is 17.8 Å². The van der Waals surface area contributed by atoms with Crippen molar-refractivity contribution >= 4 is 17.8 Å². The molecule has 0 atom stereocenters. The molecular weight excluding hydrogens is 272 g/mol. The minimum absolute atomic E-state index is 0.0188. The normalized spacial score (nSPS) is 14.9. The molecule has 0 spiro atoms. The summed E-state index contributed by atoms with van der Waals surface area (Å²) in [5, 5.41) is 2.79. The number of anilines is 2. The summed E-state index contributed by atoms with van der Waals surface area (Å²) < 4.78 is 5.34. The maximum atomic E-state index is 11.4. The lowest BCUT2D eigenvalue weighted by atomic mass is 10.4. The van der Waals surface area contributed by atoms with Crippen molar-refractivity contribution in [3.8, 4) is 0 Å². The summed E-state index contributed by atoms with van der Waals surface area (Å²) >= 11 is 0. The first-order valence-electron chi connectivity index (χ1n) is 7.11. The van der Waals surface area contributed by atoms with Crippen molar-refractivity contribution in [2.45, 2.75) is 19.9 Å². The molecule has 1 amide bonds. The fourth-order valence-electron chi connectivity index (χ4n) is 1.88. The Kier molecular flexibility index (Phi) is 5.26. The molecule has 8 heteroatoms. The highest BCUT2D eigenvalue weighted by Crippen LogP contribution is 2.14. The van der Waals surface area contributed by atoms with E-state index in [1.54, 1.807) is 0 Å². The Bertz CT molecular complexity index is 488. The number of carbonyl (C=O) groups is 1. The molecule has 0 aromatic carbocycles. The first-order valence-corrected chi connectivity index (χ1v) is 7.11. The third-order valence-electron chi connectivity index (χ3n) is 3.12. The number of morpholine rings is 1. The van der Waals surface area contributed by atoms with E-state index in [0.717, 1.165) is 13.1 Å². The van der Waals surface area contributed by atoms with Crippen LogP contribution in [-0.2, 0) is 16.1 Å². The van der Waals surface area contributed by atoms with E-state index in [1.807, 2.05) is 25.9 Å². The molecule has 1 aliphatic heterocycles. The summed E-state index contributed by atoms with van der Waals surface area (Å²) in [5.41, 5.74) is 0. The number of aromatic nitrogens is 3. The van der Waals surface area contributed by atoms with Crippen molar-refractivity contribution in [3.05, 3.63) is 5.82 Å². The molecule has 0 radical (unpaired) electrons. The average molecular weight is 294 g/mol. The molecule has 1 aliphatic rings. The molecule has 1 aromatic heterocycles. The number of ether oxygens (including phenoxy) is 1. The largest absolute Gasteiger partial charge is 0.378 e.